The van der Waals surface area contributed by atoms with Gasteiger partial charge in [-0.2, -0.15) is 0 Å². The summed E-state index contributed by atoms with van der Waals surface area (Å²) in [5.74, 6) is 0.390. The highest BCUT2D eigenvalue weighted by Gasteiger charge is 2.10. The van der Waals surface area contributed by atoms with Gasteiger partial charge in [0.15, 0.2) is 0 Å². The highest BCUT2D eigenvalue weighted by atomic mass is 79.9. The standard InChI is InChI=1S/C15H17BrN4O/c1-3-6-17-14-8-13(18-9-19-14)15(21)20-12-5-4-10(2)7-11(12)16/h4-5,7-9H,3,6H2,1-2H3,(H,20,21)(H,17,18,19). The summed E-state index contributed by atoms with van der Waals surface area (Å²) in [7, 11) is 0. The number of hydrogen-bond donors (Lipinski definition) is 2. The predicted molar refractivity (Wildman–Crippen MR) is 87.6 cm³/mol. The van der Waals surface area contributed by atoms with Gasteiger partial charge in [-0.3, -0.25) is 4.79 Å². The van der Waals surface area contributed by atoms with Crippen LogP contribution in [-0.2, 0) is 0 Å². The minimum Gasteiger partial charge on any atom is -0.370 e. The number of nitrogens with one attached hydrogen (secondary N) is 2. The molecule has 1 aromatic heterocycles. The largest absolute Gasteiger partial charge is 0.370 e. The number of benzene rings is 1. The molecule has 0 bridgehead atoms. The molecule has 0 radical (unpaired) electrons. The Bertz CT molecular complexity index is 645. The number of aromatic nitrogens is 2. The van der Waals surface area contributed by atoms with E-state index in [1.54, 1.807) is 6.07 Å². The normalized spacial score (nSPS) is 10.2. The van der Waals surface area contributed by atoms with Crippen molar-refractivity contribution >= 4 is 33.3 Å². The fourth-order valence-electron chi connectivity index (χ4n) is 1.74. The summed E-state index contributed by atoms with van der Waals surface area (Å²) in [5, 5.41) is 5.97. The van der Waals surface area contributed by atoms with E-state index in [0.29, 0.717) is 17.2 Å². The quantitative estimate of drug-likeness (QED) is 0.865. The lowest BCUT2D eigenvalue weighted by Gasteiger charge is -2.09. The van der Waals surface area contributed by atoms with Crippen LogP contribution >= 0.6 is 15.9 Å². The summed E-state index contributed by atoms with van der Waals surface area (Å²) in [5.41, 5.74) is 2.16. The average molecular weight is 349 g/mol. The second-order valence-electron chi connectivity index (χ2n) is 4.65. The maximum absolute atomic E-state index is 12.2. The first kappa shape index (κ1) is 15.4. The van der Waals surface area contributed by atoms with Crippen molar-refractivity contribution in [1.29, 1.82) is 0 Å². The van der Waals surface area contributed by atoms with Gasteiger partial charge < -0.3 is 10.6 Å². The minimum absolute atomic E-state index is 0.262. The minimum atomic E-state index is -0.262. The molecule has 5 nitrogen and oxygen atoms in total. The van der Waals surface area contributed by atoms with Crippen LogP contribution in [0.15, 0.2) is 35.1 Å². The molecular formula is C15H17BrN4O. The SMILES string of the molecule is CCCNc1cc(C(=O)Nc2ccc(C)cc2Br)ncn1. The van der Waals surface area contributed by atoms with E-state index in [4.69, 9.17) is 0 Å². The van der Waals surface area contributed by atoms with Crippen molar-refractivity contribution in [3.8, 4) is 0 Å². The Kier molecular flexibility index (Phi) is 5.27. The molecule has 0 aliphatic rings. The lowest BCUT2D eigenvalue weighted by Crippen LogP contribution is -2.15. The molecule has 21 heavy (non-hydrogen) atoms. The van der Waals surface area contributed by atoms with Crippen LogP contribution in [0.4, 0.5) is 11.5 Å². The lowest BCUT2D eigenvalue weighted by molar-refractivity contribution is 0.102. The number of rotatable bonds is 5. The third-order valence-electron chi connectivity index (χ3n) is 2.83. The van der Waals surface area contributed by atoms with Gasteiger partial charge in [0.05, 0.1) is 5.69 Å². The maximum Gasteiger partial charge on any atom is 0.274 e. The number of carbonyl (C=O) groups is 1. The Labute approximate surface area is 132 Å². The first-order valence-electron chi connectivity index (χ1n) is 6.73. The smallest absolute Gasteiger partial charge is 0.274 e. The number of anilines is 2. The third-order valence-corrected chi connectivity index (χ3v) is 3.48. The summed E-state index contributed by atoms with van der Waals surface area (Å²) < 4.78 is 0.842. The van der Waals surface area contributed by atoms with Gasteiger partial charge in [0.2, 0.25) is 0 Å². The highest BCUT2D eigenvalue weighted by Crippen LogP contribution is 2.23. The molecule has 2 rings (SSSR count). The number of carbonyl (C=O) groups excluding carboxylic acids is 1. The third kappa shape index (κ3) is 4.26. The monoisotopic (exact) mass is 348 g/mol. The molecule has 0 unspecified atom stereocenters. The molecule has 6 heteroatoms. The number of hydrogen-bond acceptors (Lipinski definition) is 4. The molecular weight excluding hydrogens is 332 g/mol. The second-order valence-corrected chi connectivity index (χ2v) is 5.51. The van der Waals surface area contributed by atoms with Crippen molar-refractivity contribution in [2.45, 2.75) is 20.3 Å². The second kappa shape index (κ2) is 7.17. The van der Waals surface area contributed by atoms with E-state index < -0.39 is 0 Å². The van der Waals surface area contributed by atoms with Crippen LogP contribution < -0.4 is 10.6 Å². The van der Waals surface area contributed by atoms with Crippen LogP contribution in [0.1, 0.15) is 29.4 Å². The Balaban J connectivity index is 2.12. The summed E-state index contributed by atoms with van der Waals surface area (Å²) in [4.78, 5) is 20.3. The number of halogens is 1. The molecule has 2 aromatic rings. The van der Waals surface area contributed by atoms with E-state index in [1.165, 1.54) is 6.33 Å². The van der Waals surface area contributed by atoms with Gasteiger partial charge in [-0.15, -0.1) is 0 Å². The van der Waals surface area contributed by atoms with Gasteiger partial charge in [0.1, 0.15) is 17.8 Å². The predicted octanol–water partition coefficient (Wildman–Crippen LogP) is 3.62. The van der Waals surface area contributed by atoms with Crippen LogP contribution in [0.5, 0.6) is 0 Å². The lowest BCUT2D eigenvalue weighted by atomic mass is 10.2. The summed E-state index contributed by atoms with van der Waals surface area (Å²) in [6.45, 7) is 4.87. The maximum atomic E-state index is 12.2. The van der Waals surface area contributed by atoms with E-state index >= 15 is 0 Å². The molecule has 110 valence electrons. The van der Waals surface area contributed by atoms with Crippen LogP contribution in [0.25, 0.3) is 0 Å². The van der Waals surface area contributed by atoms with Gasteiger partial charge in [0, 0.05) is 17.1 Å². The van der Waals surface area contributed by atoms with Gasteiger partial charge in [-0.05, 0) is 47.0 Å². The Morgan fingerprint density at radius 3 is 2.81 bits per heavy atom. The first-order valence-corrected chi connectivity index (χ1v) is 7.53. The number of amides is 1. The average Bonchev–Trinajstić information content (AvgIpc) is 2.48. The molecule has 0 saturated heterocycles. The van der Waals surface area contributed by atoms with Crippen LogP contribution in [0.2, 0.25) is 0 Å². The van der Waals surface area contributed by atoms with Gasteiger partial charge in [-0.25, -0.2) is 9.97 Å². The zero-order chi connectivity index (χ0) is 15.2. The topological polar surface area (TPSA) is 66.9 Å². The fourth-order valence-corrected chi connectivity index (χ4v) is 2.33. The van der Waals surface area contributed by atoms with E-state index in [1.807, 2.05) is 25.1 Å². The molecule has 0 saturated carbocycles. The van der Waals surface area contributed by atoms with Crippen molar-refractivity contribution in [3.63, 3.8) is 0 Å². The molecule has 0 aliphatic carbocycles. The zero-order valence-corrected chi connectivity index (χ0v) is 13.6. The molecule has 2 N–H and O–H groups in total. The summed E-state index contributed by atoms with van der Waals surface area (Å²) in [6, 6.07) is 7.39. The Morgan fingerprint density at radius 2 is 2.10 bits per heavy atom. The molecule has 0 spiro atoms. The van der Waals surface area contributed by atoms with Gasteiger partial charge >= 0.3 is 0 Å². The molecule has 1 aromatic carbocycles. The first-order chi connectivity index (χ1) is 10.1. The number of nitrogens with zero attached hydrogens (tertiary/aromatic N) is 2. The number of aryl methyl sites for hydroxylation is 1. The van der Waals surface area contributed by atoms with E-state index in [0.717, 1.165) is 23.0 Å². The molecule has 0 atom stereocenters. The molecule has 0 fully saturated rings. The Hall–Kier alpha value is -1.95. The van der Waals surface area contributed by atoms with E-state index in [9.17, 15) is 4.79 Å². The molecule has 1 heterocycles. The summed E-state index contributed by atoms with van der Waals surface area (Å²) >= 11 is 3.44. The van der Waals surface area contributed by atoms with Crippen molar-refractivity contribution in [1.82, 2.24) is 9.97 Å². The van der Waals surface area contributed by atoms with E-state index in [2.05, 4.69) is 43.5 Å². The Morgan fingerprint density at radius 1 is 1.29 bits per heavy atom. The zero-order valence-electron chi connectivity index (χ0n) is 12.0. The summed E-state index contributed by atoms with van der Waals surface area (Å²) in [6.07, 6.45) is 2.37. The van der Waals surface area contributed by atoms with Gasteiger partial charge in [0.25, 0.3) is 5.91 Å². The van der Waals surface area contributed by atoms with Crippen molar-refractivity contribution in [2.24, 2.45) is 0 Å². The van der Waals surface area contributed by atoms with Crippen LogP contribution in [0, 0.1) is 6.92 Å². The van der Waals surface area contributed by atoms with Crippen molar-refractivity contribution < 1.29 is 4.79 Å². The fraction of sp³-hybridized carbons (Fsp3) is 0.267. The van der Waals surface area contributed by atoms with Gasteiger partial charge in [-0.1, -0.05) is 13.0 Å². The van der Waals surface area contributed by atoms with E-state index in [-0.39, 0.29) is 5.91 Å². The highest BCUT2D eigenvalue weighted by molar-refractivity contribution is 9.10. The van der Waals surface area contributed by atoms with Crippen LogP contribution in [-0.4, -0.2) is 22.4 Å². The molecule has 1 amide bonds. The van der Waals surface area contributed by atoms with Crippen molar-refractivity contribution in [3.05, 3.63) is 46.3 Å². The molecule has 0 aliphatic heterocycles. The van der Waals surface area contributed by atoms with Crippen LogP contribution in [0.3, 0.4) is 0 Å². The van der Waals surface area contributed by atoms with Crippen molar-refractivity contribution in [2.75, 3.05) is 17.2 Å².